The average molecular weight is 599 g/mol. The SMILES string of the molecule is COc1cccc(P(c2ccccc2)c2ccccc2)c1-c1c(OC)cccc1P(=O)(c1ccccc1)c1ccccc1. The highest BCUT2D eigenvalue weighted by molar-refractivity contribution is 7.85. The highest BCUT2D eigenvalue weighted by atomic mass is 31.2. The van der Waals surface area contributed by atoms with E-state index >= 15 is 4.57 Å². The molecule has 0 unspecified atom stereocenters. The second kappa shape index (κ2) is 12.8. The van der Waals surface area contributed by atoms with Crippen LogP contribution in [-0.4, -0.2) is 14.2 Å². The molecule has 0 heterocycles. The smallest absolute Gasteiger partial charge is 0.171 e. The molecule has 0 radical (unpaired) electrons. The number of hydrogen-bond donors (Lipinski definition) is 0. The van der Waals surface area contributed by atoms with Gasteiger partial charge < -0.3 is 14.0 Å². The Bertz CT molecular complexity index is 1780. The Balaban J connectivity index is 1.73. The maximum absolute atomic E-state index is 15.8. The molecule has 0 aliphatic heterocycles. The first-order valence-electron chi connectivity index (χ1n) is 14.1. The second-order valence-electron chi connectivity index (χ2n) is 10.00. The van der Waals surface area contributed by atoms with Crippen LogP contribution in [0.1, 0.15) is 0 Å². The van der Waals surface area contributed by atoms with Crippen LogP contribution in [0.5, 0.6) is 11.5 Å². The fourth-order valence-corrected chi connectivity index (χ4v) is 11.0. The monoisotopic (exact) mass is 598 g/mol. The van der Waals surface area contributed by atoms with E-state index in [1.807, 2.05) is 103 Å². The zero-order valence-electron chi connectivity index (χ0n) is 24.1. The summed E-state index contributed by atoms with van der Waals surface area (Å²) in [6.45, 7) is 0. The van der Waals surface area contributed by atoms with Crippen LogP contribution in [0.3, 0.4) is 0 Å². The van der Waals surface area contributed by atoms with E-state index in [4.69, 9.17) is 9.47 Å². The lowest BCUT2D eigenvalue weighted by atomic mass is 10.0. The van der Waals surface area contributed by atoms with Crippen LogP contribution < -0.4 is 41.3 Å². The van der Waals surface area contributed by atoms with E-state index in [-0.39, 0.29) is 0 Å². The lowest BCUT2D eigenvalue weighted by Crippen LogP contribution is -2.28. The van der Waals surface area contributed by atoms with E-state index in [2.05, 4.69) is 54.6 Å². The van der Waals surface area contributed by atoms with Crippen molar-refractivity contribution in [3.8, 4) is 22.6 Å². The quantitative estimate of drug-likeness (QED) is 0.173. The van der Waals surface area contributed by atoms with E-state index in [0.29, 0.717) is 16.8 Å². The third-order valence-corrected chi connectivity index (χ3v) is 13.1. The molecule has 6 aromatic carbocycles. The molecular weight excluding hydrogens is 566 g/mol. The van der Waals surface area contributed by atoms with Crippen molar-refractivity contribution < 1.29 is 14.0 Å². The van der Waals surface area contributed by atoms with E-state index in [9.17, 15) is 0 Å². The molecule has 0 atom stereocenters. The van der Waals surface area contributed by atoms with Crippen molar-refractivity contribution in [2.75, 3.05) is 14.2 Å². The molecule has 0 N–H and O–H groups in total. The van der Waals surface area contributed by atoms with Gasteiger partial charge in [-0.15, -0.1) is 0 Å². The number of rotatable bonds is 9. The summed E-state index contributed by atoms with van der Waals surface area (Å²) in [5, 5.41) is 5.77. The van der Waals surface area contributed by atoms with Gasteiger partial charge in [-0.25, -0.2) is 0 Å². The molecule has 0 spiro atoms. The number of hydrogen-bond acceptors (Lipinski definition) is 3. The van der Waals surface area contributed by atoms with Gasteiger partial charge in [0, 0.05) is 27.0 Å². The van der Waals surface area contributed by atoms with Crippen LogP contribution >= 0.6 is 15.1 Å². The molecule has 3 nitrogen and oxygen atoms in total. The summed E-state index contributed by atoms with van der Waals surface area (Å²) in [7, 11) is -1.02. The fourth-order valence-electron chi connectivity index (χ4n) is 5.62. The molecule has 0 fully saturated rings. The molecule has 6 aromatic rings. The van der Waals surface area contributed by atoms with Crippen LogP contribution in [0.4, 0.5) is 0 Å². The summed E-state index contributed by atoms with van der Waals surface area (Å²) < 4.78 is 28.0. The summed E-state index contributed by atoms with van der Waals surface area (Å²) >= 11 is 0. The van der Waals surface area contributed by atoms with Gasteiger partial charge in [0.2, 0.25) is 0 Å². The maximum atomic E-state index is 15.8. The van der Waals surface area contributed by atoms with Gasteiger partial charge in [-0.1, -0.05) is 140 Å². The topological polar surface area (TPSA) is 35.5 Å². The van der Waals surface area contributed by atoms with Crippen molar-refractivity contribution in [3.63, 3.8) is 0 Å². The Hall–Kier alpha value is -4.42. The van der Waals surface area contributed by atoms with Crippen LogP contribution in [-0.2, 0) is 4.57 Å². The zero-order chi connectivity index (χ0) is 29.6. The van der Waals surface area contributed by atoms with E-state index in [1.54, 1.807) is 14.2 Å². The zero-order valence-corrected chi connectivity index (χ0v) is 25.9. The number of methoxy groups -OCH3 is 2. The Morgan fingerprint density at radius 1 is 0.465 bits per heavy atom. The predicted octanol–water partition coefficient (Wildman–Crippen LogP) is 6.77. The third-order valence-electron chi connectivity index (χ3n) is 7.55. The minimum absolute atomic E-state index is 0.645. The molecule has 0 aliphatic carbocycles. The second-order valence-corrected chi connectivity index (χ2v) is 14.9. The Kier molecular flexibility index (Phi) is 8.57. The Morgan fingerprint density at radius 3 is 1.35 bits per heavy atom. The van der Waals surface area contributed by atoms with Gasteiger partial charge >= 0.3 is 0 Å². The van der Waals surface area contributed by atoms with Crippen LogP contribution in [0.25, 0.3) is 11.1 Å². The molecule has 0 bridgehead atoms. The number of ether oxygens (including phenoxy) is 2. The van der Waals surface area contributed by atoms with Gasteiger partial charge in [0.25, 0.3) is 0 Å². The van der Waals surface area contributed by atoms with Gasteiger partial charge in [0.15, 0.2) is 7.14 Å². The molecule has 43 heavy (non-hydrogen) atoms. The van der Waals surface area contributed by atoms with Gasteiger partial charge in [-0.2, -0.15) is 0 Å². The summed E-state index contributed by atoms with van der Waals surface area (Å²) in [5.41, 5.74) is 1.68. The molecule has 0 saturated heterocycles. The lowest BCUT2D eigenvalue weighted by molar-refractivity contribution is 0.411. The van der Waals surface area contributed by atoms with Gasteiger partial charge in [-0.05, 0) is 42.0 Å². The first-order valence-corrected chi connectivity index (χ1v) is 17.2. The molecule has 212 valence electrons. The fraction of sp³-hybridized carbons (Fsp3) is 0.0526. The molecule has 0 saturated carbocycles. The lowest BCUT2D eigenvalue weighted by Gasteiger charge is -2.28. The summed E-state index contributed by atoms with van der Waals surface area (Å²) in [6, 6.07) is 52.8. The minimum Gasteiger partial charge on any atom is -0.496 e. The van der Waals surface area contributed by atoms with Crippen molar-refractivity contribution in [1.29, 1.82) is 0 Å². The molecule has 5 heteroatoms. The van der Waals surface area contributed by atoms with E-state index in [1.165, 1.54) is 10.6 Å². The number of benzene rings is 6. The normalized spacial score (nSPS) is 11.3. The van der Waals surface area contributed by atoms with Crippen molar-refractivity contribution in [3.05, 3.63) is 158 Å². The first-order chi connectivity index (χ1) is 21.2. The third kappa shape index (κ3) is 5.43. The predicted molar refractivity (Wildman–Crippen MR) is 183 cm³/mol. The summed E-state index contributed by atoms with van der Waals surface area (Å²) in [4.78, 5) is 0. The largest absolute Gasteiger partial charge is 0.496 e. The molecule has 0 aromatic heterocycles. The molecule has 0 amide bonds. The van der Waals surface area contributed by atoms with Crippen molar-refractivity contribution >= 4 is 46.9 Å². The van der Waals surface area contributed by atoms with Crippen LogP contribution in [0, 0.1) is 0 Å². The first kappa shape index (κ1) is 28.7. The Labute approximate surface area is 254 Å². The van der Waals surface area contributed by atoms with Crippen molar-refractivity contribution in [2.45, 2.75) is 0 Å². The van der Waals surface area contributed by atoms with Gasteiger partial charge in [0.1, 0.15) is 11.5 Å². The minimum atomic E-state index is -3.37. The average Bonchev–Trinajstić information content (AvgIpc) is 3.09. The van der Waals surface area contributed by atoms with E-state index in [0.717, 1.165) is 27.0 Å². The summed E-state index contributed by atoms with van der Waals surface area (Å²) in [6.07, 6.45) is 0. The van der Waals surface area contributed by atoms with Gasteiger partial charge in [0.05, 0.1) is 14.2 Å². The van der Waals surface area contributed by atoms with Crippen molar-refractivity contribution in [1.82, 2.24) is 0 Å². The van der Waals surface area contributed by atoms with Gasteiger partial charge in [-0.3, -0.25) is 0 Å². The summed E-state index contributed by atoms with van der Waals surface area (Å²) in [5.74, 6) is 1.35. The van der Waals surface area contributed by atoms with Crippen LogP contribution in [0.15, 0.2) is 158 Å². The molecule has 0 aliphatic rings. The molecule has 6 rings (SSSR count). The van der Waals surface area contributed by atoms with E-state index < -0.39 is 15.1 Å². The highest BCUT2D eigenvalue weighted by Crippen LogP contribution is 2.50. The standard InChI is InChI=1S/C38H32O3P2/c1-40-33-25-15-27-35(42(29-17-7-3-8-18-29)30-19-9-4-10-20-30)37(33)38-34(41-2)26-16-28-36(38)43(39,31-21-11-5-12-22-31)32-23-13-6-14-24-32/h3-28H,1-2H3. The molecular formula is C38H32O3P2. The van der Waals surface area contributed by atoms with Crippen molar-refractivity contribution in [2.24, 2.45) is 0 Å². The Morgan fingerprint density at radius 2 is 0.884 bits per heavy atom. The van der Waals surface area contributed by atoms with Crippen LogP contribution in [0.2, 0.25) is 0 Å². The maximum Gasteiger partial charge on any atom is 0.171 e. The highest BCUT2D eigenvalue weighted by Gasteiger charge is 2.36.